The summed E-state index contributed by atoms with van der Waals surface area (Å²) in [4.78, 5) is 4.20. The van der Waals surface area contributed by atoms with Crippen LogP contribution in [0.5, 0.6) is 0 Å². The van der Waals surface area contributed by atoms with E-state index < -0.39 is 17.9 Å². The minimum absolute atomic E-state index is 0.235. The van der Waals surface area contributed by atoms with E-state index in [4.69, 9.17) is 0 Å². The van der Waals surface area contributed by atoms with Crippen LogP contribution in [-0.2, 0) is 6.54 Å². The van der Waals surface area contributed by atoms with Gasteiger partial charge in [-0.2, -0.15) is 0 Å². The van der Waals surface area contributed by atoms with E-state index in [0.717, 1.165) is 28.7 Å². The number of alkyl halides is 2. The van der Waals surface area contributed by atoms with E-state index in [1.165, 1.54) is 12.1 Å². The van der Waals surface area contributed by atoms with Crippen molar-refractivity contribution in [3.05, 3.63) is 83.8 Å². The summed E-state index contributed by atoms with van der Waals surface area (Å²) in [5.74, 6) is -0.402. The number of aromatic nitrogens is 2. The number of anilines is 2. The molecule has 0 atom stereocenters. The standard InChI is InChI=1S/C25H21F3N4/c1-31-12-13-32(18-7-6-16-4-2-3-5-17(16)14-18)23-11-8-19(24(26)20(23)15-31)21-9-10-22(25(27)28)30-29-21/h2-11,14,25H,12-13,15H2,1H3. The molecule has 0 amide bonds. The van der Waals surface area contributed by atoms with Crippen molar-refractivity contribution >= 4 is 22.1 Å². The van der Waals surface area contributed by atoms with E-state index >= 15 is 4.39 Å². The zero-order chi connectivity index (χ0) is 22.2. The van der Waals surface area contributed by atoms with Crippen LogP contribution in [0, 0.1) is 5.82 Å². The Kier molecular flexibility index (Phi) is 5.27. The third-order valence-corrected chi connectivity index (χ3v) is 5.87. The lowest BCUT2D eigenvalue weighted by Crippen LogP contribution is -2.26. The molecule has 0 unspecified atom stereocenters. The molecule has 0 radical (unpaired) electrons. The van der Waals surface area contributed by atoms with Crippen molar-refractivity contribution < 1.29 is 13.2 Å². The lowest BCUT2D eigenvalue weighted by atomic mass is 10.0. The molecule has 0 spiro atoms. The van der Waals surface area contributed by atoms with E-state index in [0.29, 0.717) is 18.7 Å². The molecule has 162 valence electrons. The normalized spacial score (nSPS) is 14.6. The number of benzene rings is 3. The van der Waals surface area contributed by atoms with Gasteiger partial charge in [0.15, 0.2) is 0 Å². The molecule has 7 heteroatoms. The Morgan fingerprint density at radius 1 is 0.875 bits per heavy atom. The molecule has 4 nitrogen and oxygen atoms in total. The van der Waals surface area contributed by atoms with Crippen LogP contribution in [-0.4, -0.2) is 35.2 Å². The van der Waals surface area contributed by atoms with Gasteiger partial charge >= 0.3 is 0 Å². The first-order valence-corrected chi connectivity index (χ1v) is 10.4. The van der Waals surface area contributed by atoms with Crippen LogP contribution in [0.3, 0.4) is 0 Å². The molecule has 4 aromatic rings. The maximum atomic E-state index is 15.7. The fourth-order valence-corrected chi connectivity index (χ4v) is 4.17. The average Bonchev–Trinajstić information content (AvgIpc) is 2.98. The molecule has 0 fully saturated rings. The zero-order valence-corrected chi connectivity index (χ0v) is 17.5. The van der Waals surface area contributed by atoms with Gasteiger partial charge in [-0.3, -0.25) is 0 Å². The second-order valence-corrected chi connectivity index (χ2v) is 7.99. The summed E-state index contributed by atoms with van der Waals surface area (Å²) in [5, 5.41) is 9.65. The molecule has 0 saturated carbocycles. The van der Waals surface area contributed by atoms with Gasteiger partial charge in [-0.15, -0.1) is 10.2 Å². The van der Waals surface area contributed by atoms with Gasteiger partial charge in [0.2, 0.25) is 0 Å². The first-order chi connectivity index (χ1) is 15.5. The van der Waals surface area contributed by atoms with Gasteiger partial charge in [-0.25, -0.2) is 13.2 Å². The number of fused-ring (bicyclic) bond motifs is 2. The van der Waals surface area contributed by atoms with Gasteiger partial charge in [0.05, 0.1) is 5.69 Å². The lowest BCUT2D eigenvalue weighted by molar-refractivity contribution is 0.145. The molecule has 5 rings (SSSR count). The Labute approximate surface area is 183 Å². The van der Waals surface area contributed by atoms with Crippen molar-refractivity contribution in [2.45, 2.75) is 13.0 Å². The van der Waals surface area contributed by atoms with Crippen molar-refractivity contribution in [2.75, 3.05) is 25.0 Å². The third kappa shape index (κ3) is 3.69. The highest BCUT2D eigenvalue weighted by atomic mass is 19.3. The Morgan fingerprint density at radius 2 is 1.69 bits per heavy atom. The highest BCUT2D eigenvalue weighted by Crippen LogP contribution is 2.37. The van der Waals surface area contributed by atoms with Crippen molar-refractivity contribution in [1.82, 2.24) is 15.1 Å². The summed E-state index contributed by atoms with van der Waals surface area (Å²) in [6.45, 7) is 1.91. The van der Waals surface area contributed by atoms with Crippen molar-refractivity contribution in [2.24, 2.45) is 0 Å². The molecular weight excluding hydrogens is 413 g/mol. The van der Waals surface area contributed by atoms with Crippen LogP contribution in [0.4, 0.5) is 24.5 Å². The van der Waals surface area contributed by atoms with E-state index in [-0.39, 0.29) is 11.3 Å². The Balaban J connectivity index is 1.59. The molecule has 0 bridgehead atoms. The van der Waals surface area contributed by atoms with Gasteiger partial charge in [0, 0.05) is 42.1 Å². The molecule has 1 aliphatic heterocycles. The highest BCUT2D eigenvalue weighted by Gasteiger charge is 2.25. The Bertz CT molecular complexity index is 1270. The maximum absolute atomic E-state index is 15.7. The van der Waals surface area contributed by atoms with Crippen LogP contribution in [0.2, 0.25) is 0 Å². The fraction of sp³-hybridized carbons (Fsp3) is 0.200. The number of hydrogen-bond acceptors (Lipinski definition) is 4. The van der Waals surface area contributed by atoms with Crippen molar-refractivity contribution in [3.63, 3.8) is 0 Å². The molecule has 0 N–H and O–H groups in total. The molecule has 1 aromatic heterocycles. The lowest BCUT2D eigenvalue weighted by Gasteiger charge is -2.26. The van der Waals surface area contributed by atoms with Gasteiger partial charge in [-0.05, 0) is 54.2 Å². The SMILES string of the molecule is CN1CCN(c2ccc3ccccc3c2)c2ccc(-c3ccc(C(F)F)nn3)c(F)c2C1. The fourth-order valence-electron chi connectivity index (χ4n) is 4.17. The van der Waals surface area contributed by atoms with Gasteiger partial charge in [0.25, 0.3) is 6.43 Å². The number of hydrogen-bond donors (Lipinski definition) is 0. The summed E-state index contributed by atoms with van der Waals surface area (Å²) in [6.07, 6.45) is -2.71. The smallest absolute Gasteiger partial charge is 0.282 e. The molecule has 32 heavy (non-hydrogen) atoms. The van der Waals surface area contributed by atoms with E-state index in [2.05, 4.69) is 50.3 Å². The van der Waals surface area contributed by atoms with E-state index in [9.17, 15) is 8.78 Å². The minimum Gasteiger partial charge on any atom is -0.340 e. The number of rotatable bonds is 3. The summed E-state index contributed by atoms with van der Waals surface area (Å²) in [6, 6.07) is 20.5. The highest BCUT2D eigenvalue weighted by molar-refractivity contribution is 5.87. The molecule has 2 heterocycles. The van der Waals surface area contributed by atoms with Crippen molar-refractivity contribution in [3.8, 4) is 11.3 Å². The van der Waals surface area contributed by atoms with Crippen LogP contribution >= 0.6 is 0 Å². The predicted molar refractivity (Wildman–Crippen MR) is 120 cm³/mol. The first kappa shape index (κ1) is 20.5. The summed E-state index contributed by atoms with van der Waals surface area (Å²) in [5.41, 5.74) is 2.41. The average molecular weight is 434 g/mol. The van der Waals surface area contributed by atoms with Gasteiger partial charge < -0.3 is 9.80 Å². The molecular formula is C25H21F3N4. The molecule has 0 saturated heterocycles. The zero-order valence-electron chi connectivity index (χ0n) is 17.5. The largest absolute Gasteiger partial charge is 0.340 e. The van der Waals surface area contributed by atoms with E-state index in [1.54, 1.807) is 6.07 Å². The van der Waals surface area contributed by atoms with Crippen LogP contribution in [0.15, 0.2) is 66.7 Å². The van der Waals surface area contributed by atoms with Gasteiger partial charge in [-0.1, -0.05) is 30.3 Å². The van der Waals surface area contributed by atoms with Gasteiger partial charge in [0.1, 0.15) is 11.5 Å². The maximum Gasteiger partial charge on any atom is 0.282 e. The topological polar surface area (TPSA) is 32.3 Å². The monoisotopic (exact) mass is 434 g/mol. The molecule has 0 aliphatic carbocycles. The summed E-state index contributed by atoms with van der Waals surface area (Å²) < 4.78 is 41.3. The second kappa shape index (κ2) is 8.24. The summed E-state index contributed by atoms with van der Waals surface area (Å²) >= 11 is 0. The number of nitrogens with zero attached hydrogens (tertiary/aromatic N) is 4. The quantitative estimate of drug-likeness (QED) is 0.398. The third-order valence-electron chi connectivity index (χ3n) is 5.87. The first-order valence-electron chi connectivity index (χ1n) is 10.4. The summed E-state index contributed by atoms with van der Waals surface area (Å²) in [7, 11) is 1.96. The molecule has 1 aliphatic rings. The number of likely N-dealkylation sites (N-methyl/N-ethyl adjacent to an activating group) is 1. The van der Waals surface area contributed by atoms with Crippen LogP contribution in [0.1, 0.15) is 17.7 Å². The van der Waals surface area contributed by atoms with Crippen molar-refractivity contribution in [1.29, 1.82) is 0 Å². The predicted octanol–water partition coefficient (Wildman–Crippen LogP) is 5.96. The van der Waals surface area contributed by atoms with Crippen LogP contribution in [0.25, 0.3) is 22.0 Å². The second-order valence-electron chi connectivity index (χ2n) is 7.99. The van der Waals surface area contributed by atoms with Crippen LogP contribution < -0.4 is 4.90 Å². The van der Waals surface area contributed by atoms with E-state index in [1.807, 2.05) is 25.2 Å². The number of halogens is 3. The Hall–Kier alpha value is -3.45. The molecule has 3 aromatic carbocycles. The minimum atomic E-state index is -2.71. The Morgan fingerprint density at radius 3 is 2.44 bits per heavy atom.